The molecule has 3 aromatic rings. The molecule has 5 heteroatoms. The second kappa shape index (κ2) is 9.05. The van der Waals surface area contributed by atoms with Gasteiger partial charge in [-0.1, -0.05) is 63.2 Å². The Morgan fingerprint density at radius 3 is 2.28 bits per heavy atom. The van der Waals surface area contributed by atoms with Crippen LogP contribution in [0.15, 0.2) is 66.7 Å². The van der Waals surface area contributed by atoms with Gasteiger partial charge in [-0.3, -0.25) is 9.59 Å². The molecule has 1 heterocycles. The van der Waals surface area contributed by atoms with E-state index in [9.17, 15) is 9.59 Å². The summed E-state index contributed by atoms with van der Waals surface area (Å²) in [5.74, 6) is 0.462. The Morgan fingerprint density at radius 1 is 0.931 bits per heavy atom. The maximum absolute atomic E-state index is 12.4. The Morgan fingerprint density at radius 2 is 1.62 bits per heavy atom. The normalized spacial score (nSPS) is 11.1. The zero-order valence-corrected chi connectivity index (χ0v) is 17.7. The minimum Gasteiger partial charge on any atom is -0.484 e. The summed E-state index contributed by atoms with van der Waals surface area (Å²) in [6.07, 6.45) is 0. The summed E-state index contributed by atoms with van der Waals surface area (Å²) in [5, 5.41) is 2.83. The van der Waals surface area contributed by atoms with Crippen molar-refractivity contribution in [2.75, 3.05) is 6.61 Å². The van der Waals surface area contributed by atoms with Crippen molar-refractivity contribution in [1.29, 1.82) is 0 Å². The van der Waals surface area contributed by atoms with E-state index in [1.807, 2.05) is 48.5 Å². The average molecular weight is 408 g/mol. The lowest BCUT2D eigenvalue weighted by atomic mass is 9.87. The highest BCUT2D eigenvalue weighted by Crippen LogP contribution is 2.24. The van der Waals surface area contributed by atoms with Gasteiger partial charge in [-0.15, -0.1) is 11.3 Å². The molecule has 0 saturated carbocycles. The van der Waals surface area contributed by atoms with Gasteiger partial charge in [0.25, 0.3) is 5.91 Å². The van der Waals surface area contributed by atoms with Gasteiger partial charge in [0.2, 0.25) is 5.78 Å². The van der Waals surface area contributed by atoms with Gasteiger partial charge in [-0.25, -0.2) is 0 Å². The molecule has 0 aliphatic heterocycles. The molecule has 0 unspecified atom stereocenters. The summed E-state index contributed by atoms with van der Waals surface area (Å²) in [4.78, 5) is 26.1. The molecule has 0 fully saturated rings. The van der Waals surface area contributed by atoms with Crippen molar-refractivity contribution in [3.8, 4) is 5.75 Å². The largest absolute Gasteiger partial charge is 0.484 e. The first-order valence-electron chi connectivity index (χ1n) is 9.51. The van der Waals surface area contributed by atoms with Crippen molar-refractivity contribution < 1.29 is 14.3 Å². The molecule has 0 radical (unpaired) electrons. The van der Waals surface area contributed by atoms with E-state index in [-0.39, 0.29) is 23.7 Å². The van der Waals surface area contributed by atoms with Crippen LogP contribution in [0, 0.1) is 0 Å². The van der Waals surface area contributed by atoms with E-state index < -0.39 is 0 Å². The molecule has 0 bridgehead atoms. The fraction of sp³-hybridized carbons (Fsp3) is 0.250. The smallest absolute Gasteiger partial charge is 0.258 e. The van der Waals surface area contributed by atoms with Gasteiger partial charge in [0.1, 0.15) is 5.75 Å². The van der Waals surface area contributed by atoms with Crippen LogP contribution in [0.5, 0.6) is 5.75 Å². The molecule has 4 nitrogen and oxygen atoms in total. The van der Waals surface area contributed by atoms with Crippen LogP contribution in [-0.4, -0.2) is 18.3 Å². The van der Waals surface area contributed by atoms with Crippen LogP contribution in [0.2, 0.25) is 0 Å². The number of rotatable bonds is 7. The fourth-order valence-corrected chi connectivity index (χ4v) is 3.67. The number of hydrogen-bond acceptors (Lipinski definition) is 4. The number of carbonyl (C=O) groups excluding carboxylic acids is 2. The maximum atomic E-state index is 12.4. The van der Waals surface area contributed by atoms with Crippen molar-refractivity contribution in [2.24, 2.45) is 0 Å². The molecule has 3 rings (SSSR count). The minimum absolute atomic E-state index is 0.00443. The monoisotopic (exact) mass is 407 g/mol. The first-order chi connectivity index (χ1) is 13.8. The second-order valence-electron chi connectivity index (χ2n) is 7.80. The van der Waals surface area contributed by atoms with Crippen molar-refractivity contribution in [3.63, 3.8) is 0 Å². The molecule has 0 saturated heterocycles. The number of nitrogens with one attached hydrogen (secondary N) is 1. The summed E-state index contributed by atoms with van der Waals surface area (Å²) in [6, 6.07) is 20.6. The highest BCUT2D eigenvalue weighted by Gasteiger charge is 2.14. The van der Waals surface area contributed by atoms with Gasteiger partial charge < -0.3 is 10.1 Å². The second-order valence-corrected chi connectivity index (χ2v) is 8.97. The van der Waals surface area contributed by atoms with Crippen LogP contribution >= 0.6 is 11.3 Å². The Bertz CT molecular complexity index is 969. The van der Waals surface area contributed by atoms with Crippen LogP contribution in [0.25, 0.3) is 0 Å². The molecular formula is C24H25NO3S. The van der Waals surface area contributed by atoms with E-state index >= 15 is 0 Å². The average Bonchev–Trinajstić information content (AvgIpc) is 3.19. The summed E-state index contributed by atoms with van der Waals surface area (Å²) in [7, 11) is 0. The first kappa shape index (κ1) is 20.8. The van der Waals surface area contributed by atoms with Crippen molar-refractivity contribution >= 4 is 23.0 Å². The number of carbonyl (C=O) groups is 2. The van der Waals surface area contributed by atoms with Crippen molar-refractivity contribution in [1.82, 2.24) is 5.32 Å². The fourth-order valence-electron chi connectivity index (χ4n) is 2.76. The van der Waals surface area contributed by atoms with Crippen LogP contribution in [0.3, 0.4) is 0 Å². The first-order valence-corrected chi connectivity index (χ1v) is 10.3. The highest BCUT2D eigenvalue weighted by molar-refractivity contribution is 7.14. The van der Waals surface area contributed by atoms with Crippen LogP contribution in [-0.2, 0) is 16.8 Å². The molecule has 150 valence electrons. The Labute approximate surface area is 175 Å². The van der Waals surface area contributed by atoms with E-state index in [0.717, 1.165) is 4.88 Å². The topological polar surface area (TPSA) is 55.4 Å². The number of thiophene rings is 1. The van der Waals surface area contributed by atoms with Crippen molar-refractivity contribution in [3.05, 3.63) is 87.6 Å². The predicted molar refractivity (Wildman–Crippen MR) is 117 cm³/mol. The molecule has 0 spiro atoms. The molecule has 1 amide bonds. The zero-order chi connectivity index (χ0) is 20.9. The Balaban J connectivity index is 1.47. The van der Waals surface area contributed by atoms with E-state index in [0.29, 0.717) is 22.7 Å². The molecule has 0 aliphatic carbocycles. The lowest BCUT2D eigenvalue weighted by Gasteiger charge is -2.19. The van der Waals surface area contributed by atoms with Crippen LogP contribution < -0.4 is 10.1 Å². The minimum atomic E-state index is -0.200. The van der Waals surface area contributed by atoms with Crippen LogP contribution in [0.4, 0.5) is 0 Å². The summed E-state index contributed by atoms with van der Waals surface area (Å²) in [6.45, 7) is 6.78. The lowest BCUT2D eigenvalue weighted by Crippen LogP contribution is -2.28. The standard InChI is InChI=1S/C24H25NO3S/c1-24(2,3)18-9-11-19(12-10-18)28-16-22(26)25-15-20-13-14-21(29-20)23(27)17-7-5-4-6-8-17/h4-14H,15-16H2,1-3H3,(H,25,26). The number of hydrogen-bond donors (Lipinski definition) is 1. The SMILES string of the molecule is CC(C)(C)c1ccc(OCC(=O)NCc2ccc(C(=O)c3ccccc3)s2)cc1. The van der Waals surface area contributed by atoms with Crippen molar-refractivity contribution in [2.45, 2.75) is 32.7 Å². The Hall–Kier alpha value is -2.92. The lowest BCUT2D eigenvalue weighted by molar-refractivity contribution is -0.123. The number of ketones is 1. The summed E-state index contributed by atoms with van der Waals surface area (Å²) < 4.78 is 5.56. The summed E-state index contributed by atoms with van der Waals surface area (Å²) >= 11 is 1.39. The van der Waals surface area contributed by atoms with E-state index in [1.54, 1.807) is 18.2 Å². The quantitative estimate of drug-likeness (QED) is 0.563. The molecule has 0 aliphatic rings. The van der Waals surface area contributed by atoms with E-state index in [1.165, 1.54) is 16.9 Å². The van der Waals surface area contributed by atoms with Gasteiger partial charge >= 0.3 is 0 Å². The van der Waals surface area contributed by atoms with Gasteiger partial charge in [0.05, 0.1) is 11.4 Å². The van der Waals surface area contributed by atoms with Gasteiger partial charge in [-0.2, -0.15) is 0 Å². The number of benzene rings is 2. The van der Waals surface area contributed by atoms with Gasteiger partial charge in [0, 0.05) is 10.4 Å². The van der Waals surface area contributed by atoms with Gasteiger partial charge in [-0.05, 0) is 35.2 Å². The number of amides is 1. The molecular weight excluding hydrogens is 382 g/mol. The van der Waals surface area contributed by atoms with Crippen LogP contribution in [0.1, 0.15) is 46.4 Å². The molecule has 1 aromatic heterocycles. The van der Waals surface area contributed by atoms with E-state index in [4.69, 9.17) is 4.74 Å². The molecule has 2 aromatic carbocycles. The Kier molecular flexibility index (Phi) is 6.49. The third-order valence-electron chi connectivity index (χ3n) is 4.47. The molecule has 29 heavy (non-hydrogen) atoms. The zero-order valence-electron chi connectivity index (χ0n) is 16.9. The molecule has 0 atom stereocenters. The third kappa shape index (κ3) is 5.78. The third-order valence-corrected chi connectivity index (χ3v) is 5.56. The van der Waals surface area contributed by atoms with Gasteiger partial charge in [0.15, 0.2) is 6.61 Å². The summed E-state index contributed by atoms with van der Waals surface area (Å²) in [5.41, 5.74) is 1.96. The van der Waals surface area contributed by atoms with E-state index in [2.05, 4.69) is 26.1 Å². The maximum Gasteiger partial charge on any atom is 0.258 e. The predicted octanol–water partition coefficient (Wildman–Crippen LogP) is 4.97. The highest BCUT2D eigenvalue weighted by atomic mass is 32.1. The number of ether oxygens (including phenoxy) is 1. The molecule has 1 N–H and O–H groups in total.